The number of methoxy groups -OCH3 is 2. The quantitative estimate of drug-likeness (QED) is 0.681. The molecule has 0 bridgehead atoms. The maximum absolute atomic E-state index is 13.5. The molecule has 0 radical (unpaired) electrons. The van der Waals surface area contributed by atoms with Gasteiger partial charge in [-0.15, -0.1) is 0 Å². The van der Waals surface area contributed by atoms with Gasteiger partial charge in [-0.1, -0.05) is 12.1 Å². The lowest BCUT2D eigenvalue weighted by Crippen LogP contribution is -2.56. The van der Waals surface area contributed by atoms with Crippen LogP contribution in [0.15, 0.2) is 48.5 Å². The van der Waals surface area contributed by atoms with Gasteiger partial charge in [0.1, 0.15) is 22.9 Å². The van der Waals surface area contributed by atoms with Gasteiger partial charge in [0.2, 0.25) is 0 Å². The molecule has 0 saturated heterocycles. The van der Waals surface area contributed by atoms with E-state index >= 15 is 0 Å². The highest BCUT2D eigenvalue weighted by molar-refractivity contribution is 5.90. The third kappa shape index (κ3) is 3.92. The summed E-state index contributed by atoms with van der Waals surface area (Å²) in [7, 11) is 3.20. The van der Waals surface area contributed by atoms with E-state index in [2.05, 4.69) is 5.73 Å². The molecule has 2 aromatic carbocycles. The van der Waals surface area contributed by atoms with Gasteiger partial charge in [0.15, 0.2) is 0 Å². The Morgan fingerprint density at radius 3 is 2.54 bits per heavy atom. The van der Waals surface area contributed by atoms with Gasteiger partial charge in [-0.2, -0.15) is 0 Å². The average molecular weight is 383 g/mol. The second kappa shape index (κ2) is 8.27. The Balaban J connectivity index is 2.08. The number of aryl methyl sites for hydroxylation is 1. The summed E-state index contributed by atoms with van der Waals surface area (Å²) in [5.41, 5.74) is 7.47. The van der Waals surface area contributed by atoms with Crippen LogP contribution in [0.4, 0.5) is 4.39 Å². The van der Waals surface area contributed by atoms with E-state index in [0.29, 0.717) is 30.0 Å². The molecule has 3 rings (SSSR count). The van der Waals surface area contributed by atoms with Crippen LogP contribution < -0.4 is 15.2 Å². The Kier molecular flexibility index (Phi) is 5.80. The van der Waals surface area contributed by atoms with Crippen LogP contribution in [0.25, 0.3) is 11.3 Å². The third-order valence-electron chi connectivity index (χ3n) is 4.86. The van der Waals surface area contributed by atoms with Crippen LogP contribution >= 0.6 is 0 Å². The number of aromatic nitrogens is 1. The number of carbonyl (C=O) groups excluding carboxylic acids is 1. The van der Waals surface area contributed by atoms with E-state index in [-0.39, 0.29) is 11.7 Å². The molecule has 1 heterocycles. The summed E-state index contributed by atoms with van der Waals surface area (Å²) in [6.07, 6.45) is 0.622. The first-order valence-corrected chi connectivity index (χ1v) is 8.98. The molecule has 0 unspecified atom stereocenters. The van der Waals surface area contributed by atoms with Crippen LogP contribution in [0.3, 0.4) is 0 Å². The molecule has 3 N–H and O–H groups in total. The molecule has 6 heteroatoms. The van der Waals surface area contributed by atoms with Crippen molar-refractivity contribution in [3.63, 3.8) is 0 Å². The lowest BCUT2D eigenvalue weighted by Gasteiger charge is -2.15. The predicted molar refractivity (Wildman–Crippen MR) is 105 cm³/mol. The summed E-state index contributed by atoms with van der Waals surface area (Å²) < 4.78 is 26.4. The Labute approximate surface area is 163 Å². The van der Waals surface area contributed by atoms with E-state index < -0.39 is 0 Å². The van der Waals surface area contributed by atoms with Gasteiger partial charge in [0.25, 0.3) is 0 Å². The molecule has 0 aliphatic carbocycles. The van der Waals surface area contributed by atoms with Crippen molar-refractivity contribution in [2.45, 2.75) is 19.9 Å². The average Bonchev–Trinajstić information content (AvgIpc) is 3.02. The Bertz CT molecular complexity index is 1010. The van der Waals surface area contributed by atoms with Crippen molar-refractivity contribution in [3.8, 4) is 22.8 Å². The van der Waals surface area contributed by atoms with Crippen LogP contribution in [-0.4, -0.2) is 24.7 Å². The van der Waals surface area contributed by atoms with Gasteiger partial charge < -0.3 is 14.0 Å². The van der Waals surface area contributed by atoms with Gasteiger partial charge in [-0.05, 0) is 55.3 Å². The van der Waals surface area contributed by atoms with Crippen molar-refractivity contribution in [3.05, 3.63) is 71.2 Å². The Morgan fingerprint density at radius 2 is 1.89 bits per heavy atom. The molecular weight excluding hydrogens is 359 g/mol. The van der Waals surface area contributed by atoms with Gasteiger partial charge >= 0.3 is 5.91 Å². The SMILES string of the molecule is COc1ccc(OC)c(-c2cc(C([NH3+])=O)c(C)n2CCc2cccc(F)c2)c1. The molecule has 1 amide bonds. The Morgan fingerprint density at radius 1 is 1.11 bits per heavy atom. The maximum Gasteiger partial charge on any atom is 0.342 e. The second-order valence-electron chi connectivity index (χ2n) is 6.55. The molecule has 0 saturated carbocycles. The topological polar surface area (TPSA) is 68.1 Å². The molecule has 146 valence electrons. The molecule has 0 fully saturated rings. The smallest absolute Gasteiger partial charge is 0.342 e. The fourth-order valence-electron chi connectivity index (χ4n) is 3.39. The zero-order chi connectivity index (χ0) is 20.3. The summed E-state index contributed by atoms with van der Waals surface area (Å²) >= 11 is 0. The van der Waals surface area contributed by atoms with Crippen LogP contribution in [0.5, 0.6) is 11.5 Å². The van der Waals surface area contributed by atoms with E-state index in [1.807, 2.05) is 41.8 Å². The van der Waals surface area contributed by atoms with Crippen LogP contribution in [0.1, 0.15) is 21.6 Å². The van der Waals surface area contributed by atoms with Gasteiger partial charge in [-0.25, -0.2) is 9.18 Å². The molecule has 0 aliphatic rings. The van der Waals surface area contributed by atoms with Crippen LogP contribution in [0, 0.1) is 12.7 Å². The molecule has 28 heavy (non-hydrogen) atoms. The number of carbonyl (C=O) groups is 1. The summed E-state index contributed by atoms with van der Waals surface area (Å²) in [5, 5.41) is 0. The first-order valence-electron chi connectivity index (χ1n) is 8.98. The number of hydrogen-bond acceptors (Lipinski definition) is 3. The van der Waals surface area contributed by atoms with Crippen LogP contribution in [-0.2, 0) is 13.0 Å². The number of rotatable bonds is 7. The number of benzene rings is 2. The summed E-state index contributed by atoms with van der Waals surface area (Å²) in [4.78, 5) is 12.0. The fraction of sp³-hybridized carbons (Fsp3) is 0.227. The maximum atomic E-state index is 13.5. The predicted octanol–water partition coefficient (Wildman–Crippen LogP) is 3.24. The van der Waals surface area contributed by atoms with E-state index in [0.717, 1.165) is 22.5 Å². The minimum absolute atomic E-state index is 0.245. The van der Waals surface area contributed by atoms with Crippen molar-refractivity contribution in [1.82, 2.24) is 4.57 Å². The lowest BCUT2D eigenvalue weighted by atomic mass is 10.1. The number of hydrogen-bond donors (Lipinski definition) is 1. The van der Waals surface area contributed by atoms with E-state index in [4.69, 9.17) is 9.47 Å². The van der Waals surface area contributed by atoms with E-state index in [9.17, 15) is 9.18 Å². The number of nitrogens with zero attached hydrogens (tertiary/aromatic N) is 1. The summed E-state index contributed by atoms with van der Waals surface area (Å²) in [5.74, 6) is 0.859. The highest BCUT2D eigenvalue weighted by atomic mass is 19.1. The minimum Gasteiger partial charge on any atom is -0.497 e. The number of ether oxygens (including phenoxy) is 2. The van der Waals surface area contributed by atoms with Gasteiger partial charge in [0, 0.05) is 17.8 Å². The van der Waals surface area contributed by atoms with Gasteiger partial charge in [-0.3, -0.25) is 5.73 Å². The standard InChI is InChI=1S/C22H23FN2O3/c1-14-18(22(24)26)13-20(19-12-17(27-2)7-8-21(19)28-3)25(14)10-9-15-5-4-6-16(23)11-15/h4-8,11-13H,9-10H2,1-3H3,(H2,24,26)/p+1. The zero-order valence-corrected chi connectivity index (χ0v) is 16.3. The molecule has 5 nitrogen and oxygen atoms in total. The Hall–Kier alpha value is -3.12. The van der Waals surface area contributed by atoms with Crippen molar-refractivity contribution >= 4 is 5.91 Å². The van der Waals surface area contributed by atoms with Crippen LogP contribution in [0.2, 0.25) is 0 Å². The molecule has 1 aromatic heterocycles. The molecule has 0 atom stereocenters. The summed E-state index contributed by atoms with van der Waals surface area (Å²) in [6, 6.07) is 13.9. The lowest BCUT2D eigenvalue weighted by molar-refractivity contribution is -0.255. The molecular formula is C22H24FN2O3+. The highest BCUT2D eigenvalue weighted by Gasteiger charge is 2.21. The highest BCUT2D eigenvalue weighted by Crippen LogP contribution is 2.36. The zero-order valence-electron chi connectivity index (χ0n) is 16.3. The van der Waals surface area contributed by atoms with Crippen molar-refractivity contribution in [2.24, 2.45) is 0 Å². The van der Waals surface area contributed by atoms with Gasteiger partial charge in [0.05, 0.1) is 19.9 Å². The van der Waals surface area contributed by atoms with Crippen molar-refractivity contribution in [1.29, 1.82) is 0 Å². The summed E-state index contributed by atoms with van der Waals surface area (Å²) in [6.45, 7) is 2.47. The monoisotopic (exact) mass is 383 g/mol. The first kappa shape index (κ1) is 19.6. The number of halogens is 1. The molecule has 0 spiro atoms. The molecule has 0 aliphatic heterocycles. The number of quaternary nitrogens is 1. The first-order chi connectivity index (χ1) is 13.4. The fourth-order valence-corrected chi connectivity index (χ4v) is 3.39. The van der Waals surface area contributed by atoms with E-state index in [1.165, 1.54) is 12.1 Å². The minimum atomic E-state index is -0.259. The normalized spacial score (nSPS) is 10.8. The largest absolute Gasteiger partial charge is 0.497 e. The number of amides is 1. The van der Waals surface area contributed by atoms with Crippen molar-refractivity contribution < 1.29 is 24.4 Å². The third-order valence-corrected chi connectivity index (χ3v) is 4.86. The van der Waals surface area contributed by atoms with Crippen molar-refractivity contribution in [2.75, 3.05) is 14.2 Å². The van der Waals surface area contributed by atoms with E-state index in [1.54, 1.807) is 20.3 Å². The molecule has 3 aromatic rings. The second-order valence-corrected chi connectivity index (χ2v) is 6.55.